The molecule has 1 aliphatic rings. The van der Waals surface area contributed by atoms with Crippen LogP contribution in [-0.4, -0.2) is 98.9 Å². The summed E-state index contributed by atoms with van der Waals surface area (Å²) in [4.78, 5) is 58.1. The third-order valence-corrected chi connectivity index (χ3v) is 4.92. The smallest absolute Gasteiger partial charge is 0.303 e. The molecular formula is C22H37N3O9. The van der Waals surface area contributed by atoms with Crippen LogP contribution in [0.1, 0.15) is 45.4 Å². The molecule has 0 saturated carbocycles. The standard InChI is InChI=1S/C22H37N3O9/c1-17-16-20(28)25(22(17)31)9-6-19(27)24-8-3-11-33-13-15-34-14-12-32-10-2-7-23-18(26)4-5-21(29)30/h17H,2-16H2,1H3,(H,23,26)(H,24,27)(H,29,30). The van der Waals surface area contributed by atoms with Crippen LogP contribution in [0, 0.1) is 5.92 Å². The van der Waals surface area contributed by atoms with E-state index in [4.69, 9.17) is 19.3 Å². The number of ether oxygens (including phenoxy) is 3. The summed E-state index contributed by atoms with van der Waals surface area (Å²) < 4.78 is 16.2. The number of hydrogen-bond acceptors (Lipinski definition) is 8. The summed E-state index contributed by atoms with van der Waals surface area (Å²) in [5, 5.41) is 13.9. The lowest BCUT2D eigenvalue weighted by atomic mass is 10.1. The Morgan fingerprint density at radius 3 is 1.82 bits per heavy atom. The molecule has 12 heteroatoms. The summed E-state index contributed by atoms with van der Waals surface area (Å²) in [6, 6.07) is 0. The molecule has 4 amide bonds. The molecule has 0 aromatic rings. The number of nitrogens with zero attached hydrogens (tertiary/aromatic N) is 1. The van der Waals surface area contributed by atoms with Gasteiger partial charge in [-0.25, -0.2) is 0 Å². The normalized spacial score (nSPS) is 15.6. The summed E-state index contributed by atoms with van der Waals surface area (Å²) in [6.07, 6.45) is 1.39. The number of imide groups is 1. The van der Waals surface area contributed by atoms with Crippen molar-refractivity contribution in [2.45, 2.75) is 45.4 Å². The van der Waals surface area contributed by atoms with Gasteiger partial charge in [0.2, 0.25) is 23.6 Å². The lowest BCUT2D eigenvalue weighted by Crippen LogP contribution is -2.35. The molecule has 12 nitrogen and oxygen atoms in total. The van der Waals surface area contributed by atoms with Crippen LogP contribution in [0.5, 0.6) is 0 Å². The van der Waals surface area contributed by atoms with E-state index < -0.39 is 5.97 Å². The predicted molar refractivity (Wildman–Crippen MR) is 120 cm³/mol. The first-order valence-electron chi connectivity index (χ1n) is 11.6. The Hall–Kier alpha value is -2.57. The molecule has 1 rings (SSSR count). The molecule has 1 fully saturated rings. The van der Waals surface area contributed by atoms with Crippen molar-refractivity contribution < 1.29 is 43.3 Å². The second-order valence-corrected chi connectivity index (χ2v) is 7.88. The number of hydrogen-bond donors (Lipinski definition) is 3. The summed E-state index contributed by atoms with van der Waals surface area (Å²) in [6.45, 7) is 5.35. The number of nitrogens with one attached hydrogen (secondary N) is 2. The highest BCUT2D eigenvalue weighted by molar-refractivity contribution is 6.03. The molecule has 1 aliphatic heterocycles. The van der Waals surface area contributed by atoms with Crippen LogP contribution >= 0.6 is 0 Å². The molecule has 0 aromatic heterocycles. The van der Waals surface area contributed by atoms with Gasteiger partial charge in [0, 0.05) is 58.0 Å². The topological polar surface area (TPSA) is 161 Å². The van der Waals surface area contributed by atoms with Gasteiger partial charge in [-0.05, 0) is 12.8 Å². The fraction of sp³-hybridized carbons (Fsp3) is 0.773. The van der Waals surface area contributed by atoms with Crippen molar-refractivity contribution in [2.24, 2.45) is 5.92 Å². The molecule has 0 bridgehead atoms. The molecule has 3 N–H and O–H groups in total. The zero-order valence-corrected chi connectivity index (χ0v) is 19.8. The number of rotatable bonds is 20. The first kappa shape index (κ1) is 29.5. The van der Waals surface area contributed by atoms with Gasteiger partial charge in [0.25, 0.3) is 0 Å². The van der Waals surface area contributed by atoms with E-state index in [-0.39, 0.29) is 61.8 Å². The molecule has 194 valence electrons. The quantitative estimate of drug-likeness (QED) is 0.155. The fourth-order valence-corrected chi connectivity index (χ4v) is 3.04. The van der Waals surface area contributed by atoms with Crippen molar-refractivity contribution in [2.75, 3.05) is 59.3 Å². The highest BCUT2D eigenvalue weighted by Crippen LogP contribution is 2.18. The Labute approximate surface area is 199 Å². The van der Waals surface area contributed by atoms with Crippen molar-refractivity contribution in [3.8, 4) is 0 Å². The third-order valence-electron chi connectivity index (χ3n) is 4.92. The number of amides is 4. The van der Waals surface area contributed by atoms with Crippen molar-refractivity contribution in [1.82, 2.24) is 15.5 Å². The molecule has 0 radical (unpaired) electrons. The van der Waals surface area contributed by atoms with Gasteiger partial charge in [-0.1, -0.05) is 6.92 Å². The first-order chi connectivity index (χ1) is 16.3. The summed E-state index contributed by atoms with van der Waals surface area (Å²) >= 11 is 0. The van der Waals surface area contributed by atoms with Gasteiger partial charge in [0.15, 0.2) is 0 Å². The van der Waals surface area contributed by atoms with E-state index in [1.54, 1.807) is 6.92 Å². The molecule has 0 aliphatic carbocycles. The lowest BCUT2D eigenvalue weighted by Gasteiger charge is -2.14. The highest BCUT2D eigenvalue weighted by atomic mass is 16.5. The molecule has 1 atom stereocenters. The van der Waals surface area contributed by atoms with Crippen molar-refractivity contribution >= 4 is 29.6 Å². The summed E-state index contributed by atoms with van der Waals surface area (Å²) in [5.41, 5.74) is 0. The average Bonchev–Trinajstić information content (AvgIpc) is 3.04. The minimum absolute atomic E-state index is 0.0224. The molecule has 1 unspecified atom stereocenters. The predicted octanol–water partition coefficient (Wildman–Crippen LogP) is -0.301. The van der Waals surface area contributed by atoms with Gasteiger partial charge in [-0.15, -0.1) is 0 Å². The highest BCUT2D eigenvalue weighted by Gasteiger charge is 2.35. The van der Waals surface area contributed by atoms with Gasteiger partial charge in [-0.2, -0.15) is 0 Å². The maximum absolute atomic E-state index is 11.8. The van der Waals surface area contributed by atoms with E-state index in [9.17, 15) is 24.0 Å². The monoisotopic (exact) mass is 487 g/mol. The Balaban J connectivity index is 1.81. The molecule has 34 heavy (non-hydrogen) atoms. The van der Waals surface area contributed by atoms with Crippen LogP contribution in [0.3, 0.4) is 0 Å². The number of carbonyl (C=O) groups is 5. The number of aliphatic carboxylic acids is 1. The van der Waals surface area contributed by atoms with Gasteiger partial charge >= 0.3 is 5.97 Å². The van der Waals surface area contributed by atoms with Crippen molar-refractivity contribution in [3.63, 3.8) is 0 Å². The van der Waals surface area contributed by atoms with E-state index in [2.05, 4.69) is 10.6 Å². The van der Waals surface area contributed by atoms with Crippen LogP contribution in [-0.2, 0) is 38.2 Å². The van der Waals surface area contributed by atoms with Gasteiger partial charge in [-0.3, -0.25) is 28.9 Å². The molecule has 0 spiro atoms. The van der Waals surface area contributed by atoms with Crippen LogP contribution < -0.4 is 10.6 Å². The fourth-order valence-electron chi connectivity index (χ4n) is 3.04. The van der Waals surface area contributed by atoms with Crippen molar-refractivity contribution in [3.05, 3.63) is 0 Å². The second kappa shape index (κ2) is 17.8. The summed E-state index contributed by atoms with van der Waals surface area (Å²) in [5.74, 6) is -2.21. The zero-order valence-electron chi connectivity index (χ0n) is 19.8. The van der Waals surface area contributed by atoms with E-state index >= 15 is 0 Å². The average molecular weight is 488 g/mol. The Bertz CT molecular complexity index is 672. The number of carbonyl (C=O) groups excluding carboxylic acids is 4. The third kappa shape index (κ3) is 13.9. The van der Waals surface area contributed by atoms with E-state index in [0.29, 0.717) is 65.6 Å². The Kier molecular flexibility index (Phi) is 15.5. The maximum Gasteiger partial charge on any atom is 0.303 e. The molecule has 1 heterocycles. The SMILES string of the molecule is CC1CC(=O)N(CCC(=O)NCCCOCCOCCOCCCNC(=O)CCC(=O)O)C1=O. The van der Waals surface area contributed by atoms with Crippen LogP contribution in [0.4, 0.5) is 0 Å². The summed E-state index contributed by atoms with van der Waals surface area (Å²) in [7, 11) is 0. The number of carboxylic acid groups (broad SMARTS) is 1. The zero-order chi connectivity index (χ0) is 25.2. The van der Waals surface area contributed by atoms with Gasteiger partial charge in [0.05, 0.1) is 32.8 Å². The lowest BCUT2D eigenvalue weighted by molar-refractivity contribution is -0.140. The second-order valence-electron chi connectivity index (χ2n) is 7.88. The van der Waals surface area contributed by atoms with Gasteiger partial charge in [0.1, 0.15) is 0 Å². The van der Waals surface area contributed by atoms with Crippen LogP contribution in [0.15, 0.2) is 0 Å². The van der Waals surface area contributed by atoms with E-state index in [1.165, 1.54) is 0 Å². The Morgan fingerprint density at radius 1 is 0.853 bits per heavy atom. The van der Waals surface area contributed by atoms with Gasteiger partial charge < -0.3 is 30.0 Å². The largest absolute Gasteiger partial charge is 0.481 e. The molecule has 1 saturated heterocycles. The van der Waals surface area contributed by atoms with Crippen LogP contribution in [0.2, 0.25) is 0 Å². The van der Waals surface area contributed by atoms with Crippen molar-refractivity contribution in [1.29, 1.82) is 0 Å². The molecule has 0 aromatic carbocycles. The Morgan fingerprint density at radius 2 is 1.35 bits per heavy atom. The maximum atomic E-state index is 11.8. The van der Waals surface area contributed by atoms with E-state index in [1.807, 2.05) is 0 Å². The first-order valence-corrected chi connectivity index (χ1v) is 11.6. The van der Waals surface area contributed by atoms with Crippen LogP contribution in [0.25, 0.3) is 0 Å². The molecular weight excluding hydrogens is 450 g/mol. The van der Waals surface area contributed by atoms with E-state index in [0.717, 1.165) is 4.90 Å². The number of carboxylic acids is 1. The number of likely N-dealkylation sites (tertiary alicyclic amines) is 1. The minimum atomic E-state index is -0.994. The minimum Gasteiger partial charge on any atom is -0.481 e.